The van der Waals surface area contributed by atoms with E-state index in [9.17, 15) is 4.39 Å². The molecule has 2 aromatic rings. The van der Waals surface area contributed by atoms with Crippen LogP contribution in [0.1, 0.15) is 53.2 Å². The average molecular weight is 346 g/mol. The molecule has 0 aliphatic carbocycles. The van der Waals surface area contributed by atoms with Crippen LogP contribution in [0.15, 0.2) is 18.2 Å². The largest absolute Gasteiger partial charge is 0.494 e. The molecule has 2 saturated heterocycles. The van der Waals surface area contributed by atoms with Crippen LogP contribution in [-0.4, -0.2) is 34.7 Å². The first kappa shape index (κ1) is 17.0. The van der Waals surface area contributed by atoms with Gasteiger partial charge < -0.3 is 14.0 Å². The van der Waals surface area contributed by atoms with Crippen molar-refractivity contribution in [2.75, 3.05) is 6.61 Å². The summed E-state index contributed by atoms with van der Waals surface area (Å²) in [6.45, 7) is 8.71. The third-order valence-electron chi connectivity index (χ3n) is 5.64. The molecule has 2 aliphatic rings. The zero-order valence-corrected chi connectivity index (χ0v) is 15.2. The van der Waals surface area contributed by atoms with Crippen LogP contribution >= 0.6 is 0 Å². The molecule has 1 atom stereocenters. The van der Waals surface area contributed by atoms with E-state index in [1.807, 2.05) is 39.8 Å². The summed E-state index contributed by atoms with van der Waals surface area (Å²) in [5.41, 5.74) is 0.690. The number of fused-ring (bicyclic) bond motifs is 1. The van der Waals surface area contributed by atoms with Gasteiger partial charge in [0, 0.05) is 6.61 Å². The van der Waals surface area contributed by atoms with Gasteiger partial charge in [0.15, 0.2) is 6.23 Å². The SMILES string of the molecule is CC1(C)OB(c2ccc3c(c2)c(F)nn3C2CCCCO2)OC1(C)C. The van der Waals surface area contributed by atoms with Crippen LogP contribution in [0.5, 0.6) is 0 Å². The predicted octanol–water partition coefficient (Wildman–Crippen LogP) is 3.17. The molecule has 2 aliphatic heterocycles. The summed E-state index contributed by atoms with van der Waals surface area (Å²) in [6, 6.07) is 5.58. The van der Waals surface area contributed by atoms with Gasteiger partial charge in [-0.2, -0.15) is 4.39 Å². The molecule has 0 amide bonds. The fourth-order valence-electron chi connectivity index (χ4n) is 3.38. The van der Waals surface area contributed by atoms with Crippen LogP contribution in [-0.2, 0) is 14.0 Å². The minimum atomic E-state index is -0.511. The molecule has 2 fully saturated rings. The van der Waals surface area contributed by atoms with Crippen LogP contribution in [0.25, 0.3) is 10.9 Å². The number of ether oxygens (including phenoxy) is 1. The van der Waals surface area contributed by atoms with E-state index in [0.717, 1.165) is 30.2 Å². The molecule has 0 saturated carbocycles. The van der Waals surface area contributed by atoms with Gasteiger partial charge in [0.25, 0.3) is 0 Å². The molecule has 1 aromatic heterocycles. The third kappa shape index (κ3) is 2.78. The zero-order valence-electron chi connectivity index (χ0n) is 15.2. The summed E-state index contributed by atoms with van der Waals surface area (Å²) >= 11 is 0. The molecule has 134 valence electrons. The Balaban J connectivity index is 1.69. The highest BCUT2D eigenvalue weighted by Crippen LogP contribution is 2.37. The van der Waals surface area contributed by atoms with E-state index in [1.54, 1.807) is 10.7 Å². The molecular weight excluding hydrogens is 322 g/mol. The summed E-state index contributed by atoms with van der Waals surface area (Å²) in [4.78, 5) is 0. The number of benzene rings is 1. The zero-order chi connectivity index (χ0) is 17.8. The van der Waals surface area contributed by atoms with Gasteiger partial charge in [0.2, 0.25) is 5.95 Å². The second-order valence-corrected chi connectivity index (χ2v) is 7.92. The summed E-state index contributed by atoms with van der Waals surface area (Å²) < 4.78 is 34.0. The molecule has 5 nitrogen and oxygen atoms in total. The minimum Gasteiger partial charge on any atom is -0.399 e. The molecule has 1 unspecified atom stereocenters. The van der Waals surface area contributed by atoms with Crippen molar-refractivity contribution in [3.05, 3.63) is 24.1 Å². The molecule has 0 spiro atoms. The first-order valence-corrected chi connectivity index (χ1v) is 8.93. The van der Waals surface area contributed by atoms with Crippen molar-refractivity contribution in [2.45, 2.75) is 64.4 Å². The molecule has 25 heavy (non-hydrogen) atoms. The van der Waals surface area contributed by atoms with Crippen molar-refractivity contribution in [2.24, 2.45) is 0 Å². The van der Waals surface area contributed by atoms with E-state index >= 15 is 0 Å². The van der Waals surface area contributed by atoms with Crippen molar-refractivity contribution < 1.29 is 18.4 Å². The molecule has 7 heteroatoms. The van der Waals surface area contributed by atoms with Crippen LogP contribution in [0.3, 0.4) is 0 Å². The third-order valence-corrected chi connectivity index (χ3v) is 5.64. The molecule has 3 heterocycles. The van der Waals surface area contributed by atoms with Crippen LogP contribution < -0.4 is 5.46 Å². The predicted molar refractivity (Wildman–Crippen MR) is 94.2 cm³/mol. The summed E-state index contributed by atoms with van der Waals surface area (Å²) in [5, 5.41) is 4.56. The highest BCUT2D eigenvalue weighted by Gasteiger charge is 2.51. The number of nitrogens with zero attached hydrogens (tertiary/aromatic N) is 2. The fourth-order valence-corrected chi connectivity index (χ4v) is 3.38. The van der Waals surface area contributed by atoms with Gasteiger partial charge in [-0.05, 0) is 64.6 Å². The Bertz CT molecular complexity index is 783. The van der Waals surface area contributed by atoms with Crippen LogP contribution in [0.4, 0.5) is 4.39 Å². The van der Waals surface area contributed by atoms with Crippen LogP contribution in [0, 0.1) is 5.95 Å². The highest BCUT2D eigenvalue weighted by molar-refractivity contribution is 6.62. The van der Waals surface area contributed by atoms with Crippen molar-refractivity contribution in [3.63, 3.8) is 0 Å². The van der Waals surface area contributed by atoms with Gasteiger partial charge in [0.05, 0.1) is 22.1 Å². The standard InChI is InChI=1S/C18H24BFN2O3/c1-17(2)18(3,4)25-19(24-17)12-8-9-14-13(11-12)16(20)21-22(14)15-7-5-6-10-23-15/h8-9,11,15H,5-7,10H2,1-4H3. The maximum atomic E-state index is 14.5. The number of halogens is 1. The molecular formula is C18H24BFN2O3. The topological polar surface area (TPSA) is 45.5 Å². The Kier molecular flexibility index (Phi) is 3.94. The Morgan fingerprint density at radius 2 is 1.88 bits per heavy atom. The molecule has 0 radical (unpaired) electrons. The lowest BCUT2D eigenvalue weighted by Gasteiger charge is -2.32. The number of hydrogen-bond donors (Lipinski definition) is 0. The summed E-state index contributed by atoms with van der Waals surface area (Å²) in [7, 11) is -0.511. The van der Waals surface area contributed by atoms with E-state index in [0.29, 0.717) is 12.0 Å². The lowest BCUT2D eigenvalue weighted by atomic mass is 9.78. The normalized spacial score (nSPS) is 25.6. The summed E-state index contributed by atoms with van der Waals surface area (Å²) in [6.07, 6.45) is 2.78. The number of rotatable bonds is 2. The lowest BCUT2D eigenvalue weighted by Crippen LogP contribution is -2.41. The lowest BCUT2D eigenvalue weighted by molar-refractivity contribution is -0.0375. The second-order valence-electron chi connectivity index (χ2n) is 7.92. The maximum Gasteiger partial charge on any atom is 0.494 e. The highest BCUT2D eigenvalue weighted by atomic mass is 19.1. The van der Waals surface area contributed by atoms with Gasteiger partial charge in [-0.15, -0.1) is 5.10 Å². The second kappa shape index (κ2) is 5.79. The smallest absolute Gasteiger partial charge is 0.399 e. The van der Waals surface area contributed by atoms with Crippen molar-refractivity contribution >= 4 is 23.5 Å². The summed E-state index contributed by atoms with van der Waals surface area (Å²) in [5.74, 6) is -0.484. The Morgan fingerprint density at radius 1 is 1.16 bits per heavy atom. The monoisotopic (exact) mass is 346 g/mol. The van der Waals surface area contributed by atoms with E-state index in [4.69, 9.17) is 14.0 Å². The van der Waals surface area contributed by atoms with E-state index in [2.05, 4.69) is 5.10 Å². The van der Waals surface area contributed by atoms with Crippen LogP contribution in [0.2, 0.25) is 0 Å². The quantitative estimate of drug-likeness (QED) is 0.784. The van der Waals surface area contributed by atoms with E-state index < -0.39 is 24.3 Å². The first-order valence-electron chi connectivity index (χ1n) is 8.93. The Morgan fingerprint density at radius 3 is 2.52 bits per heavy atom. The minimum absolute atomic E-state index is 0.191. The van der Waals surface area contributed by atoms with Gasteiger partial charge in [0.1, 0.15) is 0 Å². The maximum absolute atomic E-state index is 14.5. The van der Waals surface area contributed by atoms with Crippen molar-refractivity contribution in [1.29, 1.82) is 0 Å². The Hall–Kier alpha value is -1.44. The average Bonchev–Trinajstić information content (AvgIpc) is 3.01. The first-order chi connectivity index (χ1) is 11.8. The van der Waals surface area contributed by atoms with E-state index in [-0.39, 0.29) is 6.23 Å². The fraction of sp³-hybridized carbons (Fsp3) is 0.611. The number of aromatic nitrogens is 2. The van der Waals surface area contributed by atoms with Gasteiger partial charge in [-0.25, -0.2) is 4.68 Å². The molecule has 0 bridgehead atoms. The van der Waals surface area contributed by atoms with Crippen molar-refractivity contribution in [1.82, 2.24) is 9.78 Å². The van der Waals surface area contributed by atoms with E-state index in [1.165, 1.54) is 0 Å². The van der Waals surface area contributed by atoms with Crippen molar-refractivity contribution in [3.8, 4) is 0 Å². The van der Waals surface area contributed by atoms with Gasteiger partial charge in [-0.1, -0.05) is 6.07 Å². The molecule has 0 N–H and O–H groups in total. The molecule has 4 rings (SSSR count). The Labute approximate surface area is 147 Å². The molecule has 1 aromatic carbocycles. The number of hydrogen-bond acceptors (Lipinski definition) is 4. The van der Waals surface area contributed by atoms with Gasteiger partial charge >= 0.3 is 7.12 Å². The van der Waals surface area contributed by atoms with Gasteiger partial charge in [-0.3, -0.25) is 0 Å².